The fourth-order valence-corrected chi connectivity index (χ4v) is 3.57. The van der Waals surface area contributed by atoms with Crippen LogP contribution in [0.4, 0.5) is 0 Å². The molecule has 1 aromatic rings. The molecule has 1 fully saturated rings. The molecule has 0 radical (unpaired) electrons. The summed E-state index contributed by atoms with van der Waals surface area (Å²) in [6, 6.07) is 6.09. The first kappa shape index (κ1) is 16.0. The lowest BCUT2D eigenvalue weighted by molar-refractivity contribution is 0.0634. The Morgan fingerprint density at radius 3 is 2.45 bits per heavy atom. The van der Waals surface area contributed by atoms with Crippen molar-refractivity contribution in [2.45, 2.75) is 45.6 Å². The zero-order chi connectivity index (χ0) is 14.9. The van der Waals surface area contributed by atoms with Crippen molar-refractivity contribution in [1.82, 2.24) is 4.90 Å². The van der Waals surface area contributed by atoms with Crippen LogP contribution in [0.25, 0.3) is 0 Å². The second-order valence-corrected chi connectivity index (χ2v) is 8.21. The number of hydrogen-bond donors (Lipinski definition) is 0. The predicted molar refractivity (Wildman–Crippen MR) is 90.0 cm³/mol. The number of hydrogen-bond acceptors (Lipinski definition) is 1. The van der Waals surface area contributed by atoms with E-state index < -0.39 is 0 Å². The van der Waals surface area contributed by atoms with Crippen LogP contribution in [0, 0.1) is 5.41 Å². The molecule has 1 aliphatic carbocycles. The molecule has 0 bridgehead atoms. The molecule has 0 saturated heterocycles. The topological polar surface area (TPSA) is 20.3 Å². The number of carbonyl (C=O) groups excluding carboxylic acids is 1. The second kappa shape index (κ2) is 6.18. The van der Waals surface area contributed by atoms with E-state index in [-0.39, 0.29) is 5.91 Å². The van der Waals surface area contributed by atoms with Crippen LogP contribution in [0.1, 0.15) is 49.9 Å². The fraction of sp³-hybridized carbons (Fsp3) is 0.562. The Bertz CT molecular complexity index is 503. The van der Waals surface area contributed by atoms with Gasteiger partial charge in [0.15, 0.2) is 0 Å². The molecule has 2 nitrogen and oxygen atoms in total. The molecule has 0 aliphatic heterocycles. The van der Waals surface area contributed by atoms with E-state index in [4.69, 9.17) is 0 Å². The molecule has 0 N–H and O–H groups in total. The Morgan fingerprint density at radius 1 is 1.25 bits per heavy atom. The third-order valence-corrected chi connectivity index (χ3v) is 5.52. The number of nitrogens with zero attached hydrogens (tertiary/aromatic N) is 1. The minimum atomic E-state index is 0.0999. The van der Waals surface area contributed by atoms with Crippen LogP contribution in [0.3, 0.4) is 0 Å². The number of halogens is 2. The number of carbonyl (C=O) groups is 1. The molecule has 1 saturated carbocycles. The van der Waals surface area contributed by atoms with Crippen LogP contribution in [0.5, 0.6) is 0 Å². The lowest BCUT2D eigenvalue weighted by Gasteiger charge is -2.38. The number of benzene rings is 1. The monoisotopic (exact) mass is 401 g/mol. The molecule has 1 aliphatic rings. The van der Waals surface area contributed by atoms with E-state index in [1.165, 1.54) is 12.8 Å². The van der Waals surface area contributed by atoms with E-state index in [9.17, 15) is 4.79 Å². The normalized spacial score (nSPS) is 18.9. The van der Waals surface area contributed by atoms with Crippen molar-refractivity contribution in [2.24, 2.45) is 5.41 Å². The van der Waals surface area contributed by atoms with Crippen molar-refractivity contribution < 1.29 is 4.79 Å². The molecular formula is C16H21Br2NO. The summed E-state index contributed by atoms with van der Waals surface area (Å²) >= 11 is 6.91. The maximum absolute atomic E-state index is 12.7. The van der Waals surface area contributed by atoms with E-state index in [1.807, 2.05) is 30.1 Å². The van der Waals surface area contributed by atoms with Crippen LogP contribution < -0.4 is 0 Å². The Balaban J connectivity index is 2.11. The van der Waals surface area contributed by atoms with Crippen molar-refractivity contribution in [3.63, 3.8) is 0 Å². The minimum absolute atomic E-state index is 0.0999. The highest BCUT2D eigenvalue weighted by molar-refractivity contribution is 9.11. The van der Waals surface area contributed by atoms with Crippen LogP contribution in [-0.2, 0) is 0 Å². The second-order valence-electron chi connectivity index (χ2n) is 6.44. The van der Waals surface area contributed by atoms with Crippen LogP contribution in [0.15, 0.2) is 27.1 Å². The van der Waals surface area contributed by atoms with Crippen LogP contribution in [-0.4, -0.2) is 23.9 Å². The van der Waals surface area contributed by atoms with Gasteiger partial charge in [-0.15, -0.1) is 0 Å². The zero-order valence-corrected chi connectivity index (χ0v) is 15.4. The largest absolute Gasteiger partial charge is 0.339 e. The highest BCUT2D eigenvalue weighted by atomic mass is 79.9. The summed E-state index contributed by atoms with van der Waals surface area (Å²) in [5.41, 5.74) is 1.16. The molecular weight excluding hydrogens is 382 g/mol. The van der Waals surface area contributed by atoms with Crippen LogP contribution >= 0.6 is 31.9 Å². The van der Waals surface area contributed by atoms with Crippen molar-refractivity contribution in [3.05, 3.63) is 32.7 Å². The summed E-state index contributed by atoms with van der Waals surface area (Å²) in [5, 5.41) is 0. The maximum Gasteiger partial charge on any atom is 0.255 e. The highest BCUT2D eigenvalue weighted by Gasteiger charge is 2.31. The Labute approximate surface area is 138 Å². The number of amides is 1. The molecule has 4 heteroatoms. The molecule has 1 amide bonds. The third kappa shape index (κ3) is 3.64. The molecule has 0 atom stereocenters. The first-order valence-electron chi connectivity index (χ1n) is 7.02. The SMILES string of the molecule is CN(C(=O)c1cc(Br)ccc1Br)C1CCC(C)(C)CC1. The van der Waals surface area contributed by atoms with Crippen molar-refractivity contribution in [2.75, 3.05) is 7.05 Å². The average molecular weight is 403 g/mol. The molecule has 110 valence electrons. The zero-order valence-electron chi connectivity index (χ0n) is 12.2. The summed E-state index contributed by atoms with van der Waals surface area (Å²) in [6.45, 7) is 4.63. The standard InChI is InChI=1S/C16H21Br2NO/c1-16(2)8-6-12(7-9-16)19(3)15(20)13-10-11(17)4-5-14(13)18/h4-5,10,12H,6-9H2,1-3H3. The van der Waals surface area contributed by atoms with Gasteiger partial charge < -0.3 is 4.90 Å². The molecule has 20 heavy (non-hydrogen) atoms. The Kier molecular flexibility index (Phi) is 4.96. The van der Waals surface area contributed by atoms with Gasteiger partial charge in [-0.05, 0) is 65.2 Å². The van der Waals surface area contributed by atoms with Gasteiger partial charge in [-0.3, -0.25) is 4.79 Å². The summed E-state index contributed by atoms with van der Waals surface area (Å²) in [5.74, 6) is 0.0999. The summed E-state index contributed by atoms with van der Waals surface area (Å²) < 4.78 is 1.79. The van der Waals surface area contributed by atoms with Crippen molar-refractivity contribution in [1.29, 1.82) is 0 Å². The van der Waals surface area contributed by atoms with E-state index in [0.29, 0.717) is 11.5 Å². The van der Waals surface area contributed by atoms with Gasteiger partial charge >= 0.3 is 0 Å². The van der Waals surface area contributed by atoms with Crippen LogP contribution in [0.2, 0.25) is 0 Å². The first-order valence-corrected chi connectivity index (χ1v) is 8.61. The first-order chi connectivity index (χ1) is 9.30. The number of rotatable bonds is 2. The molecule has 0 heterocycles. The van der Waals surface area contributed by atoms with Gasteiger partial charge in [0.2, 0.25) is 0 Å². The maximum atomic E-state index is 12.7. The lowest BCUT2D eigenvalue weighted by atomic mass is 9.75. The summed E-state index contributed by atoms with van der Waals surface area (Å²) in [4.78, 5) is 14.6. The average Bonchev–Trinajstić information content (AvgIpc) is 2.40. The predicted octanol–water partition coefficient (Wildman–Crippen LogP) is 5.25. The van der Waals surface area contributed by atoms with Crippen molar-refractivity contribution in [3.8, 4) is 0 Å². The Hall–Kier alpha value is -0.350. The van der Waals surface area contributed by atoms with E-state index in [2.05, 4.69) is 45.7 Å². The molecule has 0 spiro atoms. The van der Waals surface area contributed by atoms with Crippen molar-refractivity contribution >= 4 is 37.8 Å². The van der Waals surface area contributed by atoms with Gasteiger partial charge in [0.1, 0.15) is 0 Å². The van der Waals surface area contributed by atoms with Gasteiger partial charge in [0.25, 0.3) is 5.91 Å². The molecule has 0 unspecified atom stereocenters. The van der Waals surface area contributed by atoms with Gasteiger partial charge in [-0.1, -0.05) is 29.8 Å². The van der Waals surface area contributed by atoms with Gasteiger partial charge in [0, 0.05) is 22.0 Å². The fourth-order valence-electron chi connectivity index (χ4n) is 2.79. The lowest BCUT2D eigenvalue weighted by Crippen LogP contribution is -2.41. The molecule has 2 rings (SSSR count). The summed E-state index contributed by atoms with van der Waals surface area (Å²) in [7, 11) is 1.93. The molecule has 0 aromatic heterocycles. The quantitative estimate of drug-likeness (QED) is 0.661. The van der Waals surface area contributed by atoms with E-state index in [0.717, 1.165) is 27.4 Å². The highest BCUT2D eigenvalue weighted by Crippen LogP contribution is 2.37. The van der Waals surface area contributed by atoms with E-state index in [1.54, 1.807) is 0 Å². The van der Waals surface area contributed by atoms with E-state index >= 15 is 0 Å². The van der Waals surface area contributed by atoms with Gasteiger partial charge in [-0.2, -0.15) is 0 Å². The minimum Gasteiger partial charge on any atom is -0.339 e. The van der Waals surface area contributed by atoms with Gasteiger partial charge in [-0.25, -0.2) is 0 Å². The molecule has 1 aromatic carbocycles. The summed E-state index contributed by atoms with van der Waals surface area (Å²) in [6.07, 6.45) is 4.58. The Morgan fingerprint density at radius 2 is 1.85 bits per heavy atom. The smallest absolute Gasteiger partial charge is 0.255 e. The third-order valence-electron chi connectivity index (χ3n) is 4.34. The van der Waals surface area contributed by atoms with Gasteiger partial charge in [0.05, 0.1) is 5.56 Å².